The summed E-state index contributed by atoms with van der Waals surface area (Å²) in [5.41, 5.74) is 8.43. The molecule has 2 aromatic carbocycles. The molecule has 3 heterocycles. The zero-order chi connectivity index (χ0) is 23.2. The predicted molar refractivity (Wildman–Crippen MR) is 129 cm³/mol. The van der Waals surface area contributed by atoms with Crippen LogP contribution in [0.4, 0.5) is 5.82 Å². The molecule has 164 valence electrons. The molecule has 5 aromatic rings. The van der Waals surface area contributed by atoms with Crippen LogP contribution in [0.15, 0.2) is 81.9 Å². The van der Waals surface area contributed by atoms with Gasteiger partial charge in [0.15, 0.2) is 5.65 Å². The summed E-state index contributed by atoms with van der Waals surface area (Å²) < 4.78 is 28.7. The minimum Gasteiger partial charge on any atom is -0.382 e. The summed E-state index contributed by atoms with van der Waals surface area (Å²) in [5, 5.41) is 4.62. The van der Waals surface area contributed by atoms with Crippen molar-refractivity contribution in [2.75, 3.05) is 5.73 Å². The average Bonchev–Trinajstić information content (AvgIpc) is 3.09. The van der Waals surface area contributed by atoms with E-state index in [1.54, 1.807) is 42.7 Å². The zero-order valence-corrected chi connectivity index (χ0v) is 19.1. The molecule has 33 heavy (non-hydrogen) atoms. The summed E-state index contributed by atoms with van der Waals surface area (Å²) in [6, 6.07) is 14.8. The smallest absolute Gasteiger partial charge is 0.214 e. The van der Waals surface area contributed by atoms with Crippen molar-refractivity contribution < 1.29 is 8.42 Å². The number of hydrogen-bond donors (Lipinski definition) is 1. The molecule has 0 radical (unpaired) electrons. The van der Waals surface area contributed by atoms with Crippen molar-refractivity contribution >= 4 is 67.3 Å². The Hall–Kier alpha value is -3.53. The lowest BCUT2D eigenvalue weighted by atomic mass is 10.3. The van der Waals surface area contributed by atoms with Gasteiger partial charge < -0.3 is 5.73 Å². The summed E-state index contributed by atoms with van der Waals surface area (Å²) in [6.07, 6.45) is 4.75. The van der Waals surface area contributed by atoms with Gasteiger partial charge in [-0.2, -0.15) is 9.78 Å². The van der Waals surface area contributed by atoms with Gasteiger partial charge in [0.1, 0.15) is 16.2 Å². The molecular weight excluding hydrogens is 483 g/mol. The van der Waals surface area contributed by atoms with Crippen LogP contribution in [0.1, 0.15) is 5.56 Å². The number of aromatic nitrogens is 4. The van der Waals surface area contributed by atoms with Gasteiger partial charge in [-0.15, -0.1) is 0 Å². The van der Waals surface area contributed by atoms with Gasteiger partial charge in [0, 0.05) is 17.4 Å². The second-order valence-electron chi connectivity index (χ2n) is 7.01. The van der Waals surface area contributed by atoms with Crippen LogP contribution in [0.3, 0.4) is 0 Å². The van der Waals surface area contributed by atoms with Crippen molar-refractivity contribution in [3.05, 3.63) is 82.6 Å². The number of pyridine rings is 1. The Labute approximate surface area is 198 Å². The van der Waals surface area contributed by atoms with Crippen LogP contribution in [0.2, 0.25) is 10.0 Å². The normalized spacial score (nSPS) is 12.2. The fourth-order valence-electron chi connectivity index (χ4n) is 3.37. The van der Waals surface area contributed by atoms with Crippen molar-refractivity contribution in [3.8, 4) is 0 Å². The lowest BCUT2D eigenvalue weighted by Crippen LogP contribution is -2.07. The first kappa shape index (κ1) is 21.3. The highest BCUT2D eigenvalue weighted by atomic mass is 35.5. The van der Waals surface area contributed by atoms with E-state index in [2.05, 4.69) is 20.1 Å². The molecule has 11 heteroatoms. The number of rotatable bonds is 4. The number of nitrogens with zero attached hydrogens (tertiary/aromatic N) is 5. The van der Waals surface area contributed by atoms with Gasteiger partial charge in [-0.05, 0) is 48.0 Å². The third kappa shape index (κ3) is 3.70. The number of fused-ring (bicyclic) bond motifs is 2. The molecule has 0 fully saturated rings. The molecule has 0 saturated carbocycles. The van der Waals surface area contributed by atoms with E-state index in [1.807, 2.05) is 6.07 Å². The molecule has 0 amide bonds. The summed E-state index contributed by atoms with van der Waals surface area (Å²) >= 11 is 12.3. The summed E-state index contributed by atoms with van der Waals surface area (Å²) in [5.74, 6) is -0.151. The number of nitrogen functional groups attached to an aromatic ring is 1. The molecule has 0 atom stereocenters. The number of sulfone groups is 1. The third-order valence-corrected chi connectivity index (χ3v) is 7.44. The van der Waals surface area contributed by atoms with E-state index in [-0.39, 0.29) is 36.8 Å². The molecule has 8 nitrogen and oxygen atoms in total. The molecular formula is C22H14Cl2N6O2S. The number of hydrogen-bond acceptors (Lipinski definition) is 7. The van der Waals surface area contributed by atoms with Gasteiger partial charge in [0.2, 0.25) is 9.84 Å². The monoisotopic (exact) mass is 496 g/mol. The van der Waals surface area contributed by atoms with Crippen LogP contribution in [0.25, 0.3) is 22.2 Å². The largest absolute Gasteiger partial charge is 0.382 e. The lowest BCUT2D eigenvalue weighted by molar-refractivity contribution is 0.597. The van der Waals surface area contributed by atoms with E-state index in [0.29, 0.717) is 11.0 Å². The van der Waals surface area contributed by atoms with E-state index >= 15 is 0 Å². The molecule has 0 unspecified atom stereocenters. The second-order valence-corrected chi connectivity index (χ2v) is 9.71. The van der Waals surface area contributed by atoms with Crippen LogP contribution < -0.4 is 5.73 Å². The Kier molecular flexibility index (Phi) is 5.24. The summed E-state index contributed by atoms with van der Waals surface area (Å²) in [4.78, 5) is 12.7. The Morgan fingerprint density at radius 2 is 1.67 bits per heavy atom. The second kappa shape index (κ2) is 8.11. The minimum atomic E-state index is -4.23. The van der Waals surface area contributed by atoms with Crippen LogP contribution in [0.5, 0.6) is 0 Å². The number of halogens is 2. The van der Waals surface area contributed by atoms with E-state index < -0.39 is 9.84 Å². The Bertz CT molecular complexity index is 1670. The summed E-state index contributed by atoms with van der Waals surface area (Å²) in [6.45, 7) is 0. The maximum Gasteiger partial charge on any atom is 0.214 e. The Balaban J connectivity index is 1.83. The quantitative estimate of drug-likeness (QED) is 0.364. The predicted octanol–water partition coefficient (Wildman–Crippen LogP) is 4.58. The Morgan fingerprint density at radius 3 is 2.39 bits per heavy atom. The van der Waals surface area contributed by atoms with Crippen LogP contribution in [-0.4, -0.2) is 34.3 Å². The molecule has 2 N–H and O–H groups in total. The van der Waals surface area contributed by atoms with Crippen molar-refractivity contribution in [1.29, 1.82) is 0 Å². The van der Waals surface area contributed by atoms with Gasteiger partial charge in [0.25, 0.3) is 0 Å². The van der Waals surface area contributed by atoms with Crippen LogP contribution in [-0.2, 0) is 9.84 Å². The van der Waals surface area contributed by atoms with Gasteiger partial charge >= 0.3 is 0 Å². The van der Waals surface area contributed by atoms with Crippen molar-refractivity contribution in [2.45, 2.75) is 9.79 Å². The molecule has 0 bridgehead atoms. The highest BCUT2D eigenvalue weighted by Crippen LogP contribution is 2.38. The number of nitrogens with two attached hydrogens (primary N) is 1. The number of benzene rings is 2. The fourth-order valence-corrected chi connectivity index (χ4v) is 5.61. The van der Waals surface area contributed by atoms with E-state index in [0.717, 1.165) is 5.56 Å². The highest BCUT2D eigenvalue weighted by Gasteiger charge is 2.32. The highest BCUT2D eigenvalue weighted by molar-refractivity contribution is 7.92. The average molecular weight is 497 g/mol. The van der Waals surface area contributed by atoms with Gasteiger partial charge in [-0.3, -0.25) is 4.98 Å². The van der Waals surface area contributed by atoms with E-state index in [9.17, 15) is 8.42 Å². The molecule has 5 rings (SSSR count). The number of para-hydroxylation sites is 2. The first-order valence-electron chi connectivity index (χ1n) is 9.57. The van der Waals surface area contributed by atoms with E-state index in [1.165, 1.54) is 29.1 Å². The Morgan fingerprint density at radius 1 is 0.970 bits per heavy atom. The molecule has 3 aromatic heterocycles. The summed E-state index contributed by atoms with van der Waals surface area (Å²) in [7, 11) is -4.23. The topological polar surface area (TPSA) is 116 Å². The van der Waals surface area contributed by atoms with E-state index in [4.69, 9.17) is 28.9 Å². The first-order chi connectivity index (χ1) is 15.9. The molecule has 0 aliphatic carbocycles. The fraction of sp³-hybridized carbons (Fsp3) is 0. The van der Waals surface area contributed by atoms with Crippen LogP contribution >= 0.6 is 23.2 Å². The third-order valence-electron chi connectivity index (χ3n) is 4.91. The molecule has 0 spiro atoms. The van der Waals surface area contributed by atoms with Crippen molar-refractivity contribution in [3.63, 3.8) is 0 Å². The lowest BCUT2D eigenvalue weighted by Gasteiger charge is -2.07. The molecule has 0 saturated heterocycles. The zero-order valence-electron chi connectivity index (χ0n) is 16.7. The van der Waals surface area contributed by atoms with Gasteiger partial charge in [0.05, 0.1) is 27.2 Å². The van der Waals surface area contributed by atoms with Crippen molar-refractivity contribution in [1.82, 2.24) is 19.6 Å². The first-order valence-corrected chi connectivity index (χ1v) is 11.8. The van der Waals surface area contributed by atoms with Crippen LogP contribution in [0, 0.1) is 0 Å². The van der Waals surface area contributed by atoms with Gasteiger partial charge in [-0.1, -0.05) is 35.3 Å². The van der Waals surface area contributed by atoms with Gasteiger partial charge in [-0.25, -0.2) is 18.4 Å². The number of anilines is 1. The van der Waals surface area contributed by atoms with Crippen molar-refractivity contribution in [2.24, 2.45) is 5.10 Å². The molecule has 0 aliphatic rings. The SMILES string of the molecule is Nc1c(S(=O)(=O)c2cc(Cl)ccc2Cl)c2nc3ccccc3nc2n1/N=C\c1ccncc1. The minimum absolute atomic E-state index is 0.00809. The molecule has 0 aliphatic heterocycles. The maximum atomic E-state index is 13.7. The maximum absolute atomic E-state index is 13.7. The standard InChI is InChI=1S/C22H14Cl2N6O2S/c23-14-5-6-15(24)18(11-14)33(31,32)20-19-22(29-17-4-2-1-3-16(17)28-19)30(21(20)25)27-12-13-7-9-26-10-8-13/h1-12H,25H2/b27-12-.